The van der Waals surface area contributed by atoms with E-state index in [9.17, 15) is 22.8 Å². The fourth-order valence-corrected chi connectivity index (χ4v) is 3.25. The molecule has 1 fully saturated rings. The Kier molecular flexibility index (Phi) is 6.36. The summed E-state index contributed by atoms with van der Waals surface area (Å²) in [5, 5.41) is 2.48. The maximum atomic E-state index is 13.4. The molecule has 0 aromatic heterocycles. The molecule has 0 spiro atoms. The fraction of sp³-hybridized carbons (Fsp3) is 0.273. The number of hydrogen-bond donors (Lipinski definition) is 1. The number of allylic oxidation sites excluding steroid dienone is 1. The van der Waals surface area contributed by atoms with Crippen molar-refractivity contribution in [3.8, 4) is 0 Å². The van der Waals surface area contributed by atoms with Gasteiger partial charge < -0.3 is 10.2 Å². The summed E-state index contributed by atoms with van der Waals surface area (Å²) in [4.78, 5) is 25.9. The normalized spacial score (nSPS) is 15.3. The monoisotopic (exact) mass is 402 g/mol. The molecule has 0 bridgehead atoms. The van der Waals surface area contributed by atoms with Crippen molar-refractivity contribution in [1.82, 2.24) is 4.90 Å². The molecule has 29 heavy (non-hydrogen) atoms. The van der Waals surface area contributed by atoms with E-state index in [2.05, 4.69) is 5.32 Å². The van der Waals surface area contributed by atoms with Gasteiger partial charge in [-0.15, -0.1) is 0 Å². The number of rotatable bonds is 5. The van der Waals surface area contributed by atoms with Gasteiger partial charge in [0.15, 0.2) is 0 Å². The van der Waals surface area contributed by atoms with Crippen LogP contribution in [0.2, 0.25) is 0 Å². The minimum Gasteiger partial charge on any atom is -0.338 e. The number of piperidine rings is 1. The molecule has 0 unspecified atom stereocenters. The molecule has 1 heterocycles. The third-order valence-electron chi connectivity index (χ3n) is 4.65. The molecule has 2 amide bonds. The van der Waals surface area contributed by atoms with Crippen molar-refractivity contribution < 1.29 is 22.8 Å². The van der Waals surface area contributed by atoms with Crippen molar-refractivity contribution in [2.24, 2.45) is 0 Å². The van der Waals surface area contributed by atoms with E-state index in [0.29, 0.717) is 31.3 Å². The van der Waals surface area contributed by atoms with Crippen molar-refractivity contribution in [2.45, 2.75) is 32.0 Å². The van der Waals surface area contributed by atoms with Gasteiger partial charge in [-0.05, 0) is 36.1 Å². The highest BCUT2D eigenvalue weighted by Crippen LogP contribution is 2.33. The molecule has 0 aliphatic carbocycles. The van der Waals surface area contributed by atoms with E-state index in [4.69, 9.17) is 0 Å². The van der Waals surface area contributed by atoms with Gasteiger partial charge >= 0.3 is 6.18 Å². The summed E-state index contributed by atoms with van der Waals surface area (Å²) >= 11 is 0. The number of alkyl halides is 3. The molecule has 3 rings (SSSR count). The fourth-order valence-electron chi connectivity index (χ4n) is 3.25. The number of amides is 2. The molecule has 2 aromatic carbocycles. The number of nitrogens with zero attached hydrogens (tertiary/aromatic N) is 1. The molecule has 2 aromatic rings. The predicted octanol–water partition coefficient (Wildman–Crippen LogP) is 4.78. The topological polar surface area (TPSA) is 49.4 Å². The van der Waals surface area contributed by atoms with Gasteiger partial charge in [0.05, 0.1) is 5.57 Å². The van der Waals surface area contributed by atoms with E-state index in [1.165, 1.54) is 24.3 Å². The first kappa shape index (κ1) is 20.6. The van der Waals surface area contributed by atoms with Crippen LogP contribution >= 0.6 is 0 Å². The highest BCUT2D eigenvalue weighted by molar-refractivity contribution is 6.04. The zero-order valence-corrected chi connectivity index (χ0v) is 15.7. The maximum Gasteiger partial charge on any atom is 0.417 e. The summed E-state index contributed by atoms with van der Waals surface area (Å²) < 4.78 is 40.1. The number of nitrogens with one attached hydrogen (secondary N) is 1. The average Bonchev–Trinajstić information content (AvgIpc) is 2.68. The van der Waals surface area contributed by atoms with Gasteiger partial charge in [0.25, 0.3) is 0 Å². The van der Waals surface area contributed by atoms with Gasteiger partial charge in [-0.2, -0.15) is 13.2 Å². The quantitative estimate of drug-likeness (QED) is 0.732. The highest BCUT2D eigenvalue weighted by Gasteiger charge is 2.35. The minimum atomic E-state index is -4.66. The van der Waals surface area contributed by atoms with Crippen molar-refractivity contribution >= 4 is 23.1 Å². The molecule has 0 saturated carbocycles. The second-order valence-electron chi connectivity index (χ2n) is 6.88. The number of carbonyl (C=O) groups excluding carboxylic acids is 2. The van der Waals surface area contributed by atoms with E-state index >= 15 is 0 Å². The maximum absolute atomic E-state index is 13.4. The van der Waals surface area contributed by atoms with E-state index in [1.54, 1.807) is 29.2 Å². The smallest absolute Gasteiger partial charge is 0.338 e. The molecular weight excluding hydrogens is 381 g/mol. The Labute approximate surface area is 167 Å². The van der Waals surface area contributed by atoms with Crippen LogP contribution in [0.5, 0.6) is 0 Å². The molecule has 1 aliphatic rings. The summed E-state index contributed by atoms with van der Waals surface area (Å²) in [6.45, 7) is 1.10. The summed E-state index contributed by atoms with van der Waals surface area (Å²) in [6.07, 6.45) is -1.72. The first-order valence-electron chi connectivity index (χ1n) is 9.35. The number of benzene rings is 2. The number of likely N-dealkylation sites (tertiary alicyclic amines) is 1. The molecule has 1 saturated heterocycles. The Morgan fingerprint density at radius 3 is 2.52 bits per heavy atom. The molecule has 0 atom stereocenters. The van der Waals surface area contributed by atoms with Gasteiger partial charge in [-0.1, -0.05) is 42.5 Å². The first-order valence-corrected chi connectivity index (χ1v) is 9.35. The van der Waals surface area contributed by atoms with Crippen molar-refractivity contribution in [3.63, 3.8) is 0 Å². The van der Waals surface area contributed by atoms with Crippen molar-refractivity contribution in [2.75, 3.05) is 11.9 Å². The number of halogens is 3. The van der Waals surface area contributed by atoms with Crippen LogP contribution in [0.3, 0.4) is 0 Å². The third-order valence-corrected chi connectivity index (χ3v) is 4.65. The zero-order valence-electron chi connectivity index (χ0n) is 15.7. The van der Waals surface area contributed by atoms with E-state index in [1.807, 2.05) is 6.07 Å². The van der Waals surface area contributed by atoms with Gasteiger partial charge in [0.1, 0.15) is 0 Å². The Morgan fingerprint density at radius 1 is 1.07 bits per heavy atom. The third kappa shape index (κ3) is 5.70. The summed E-state index contributed by atoms with van der Waals surface area (Å²) in [7, 11) is 0. The van der Waals surface area contributed by atoms with E-state index in [-0.39, 0.29) is 11.5 Å². The van der Waals surface area contributed by atoms with E-state index < -0.39 is 17.7 Å². The lowest BCUT2D eigenvalue weighted by atomic mass is 10.0. The number of anilines is 1. The zero-order chi connectivity index (χ0) is 20.9. The van der Waals surface area contributed by atoms with Crippen LogP contribution < -0.4 is 5.32 Å². The average molecular weight is 402 g/mol. The lowest BCUT2D eigenvalue weighted by Gasteiger charge is -2.26. The Morgan fingerprint density at radius 2 is 1.83 bits per heavy atom. The lowest BCUT2D eigenvalue weighted by Crippen LogP contribution is -2.34. The van der Waals surface area contributed by atoms with Crippen LogP contribution in [0, 0.1) is 0 Å². The predicted molar refractivity (Wildman–Crippen MR) is 105 cm³/mol. The molecular formula is C22H21F3N2O2. The molecule has 1 N–H and O–H groups in total. The molecule has 0 radical (unpaired) electrons. The van der Waals surface area contributed by atoms with Crippen molar-refractivity contribution in [3.05, 3.63) is 71.8 Å². The number of hydrogen-bond acceptors (Lipinski definition) is 2. The Balaban J connectivity index is 1.74. The largest absolute Gasteiger partial charge is 0.417 e. The van der Waals surface area contributed by atoms with Gasteiger partial charge in [0.2, 0.25) is 11.8 Å². The molecule has 152 valence electrons. The lowest BCUT2D eigenvalue weighted by molar-refractivity contribution is -0.133. The second kappa shape index (κ2) is 8.94. The molecule has 4 nitrogen and oxygen atoms in total. The SMILES string of the molecule is O=C(/C=C(/c1ccccc1)C(F)(F)F)Nc1cccc(CN2CCCCC2=O)c1. The summed E-state index contributed by atoms with van der Waals surface area (Å²) in [5.41, 5.74) is 0.0992. The first-order chi connectivity index (χ1) is 13.8. The highest BCUT2D eigenvalue weighted by atomic mass is 19.4. The van der Waals surface area contributed by atoms with Crippen LogP contribution in [0.4, 0.5) is 18.9 Å². The standard InChI is InChI=1S/C22H21F3N2O2/c23-22(24,25)19(17-8-2-1-3-9-17)14-20(28)26-18-10-6-7-16(13-18)15-27-12-5-4-11-21(27)29/h1-3,6-10,13-14H,4-5,11-12,15H2,(H,26,28)/b19-14-. The molecule has 7 heteroatoms. The molecule has 1 aliphatic heterocycles. The summed E-state index contributed by atoms with van der Waals surface area (Å²) in [5.74, 6) is -0.779. The second-order valence-corrected chi connectivity index (χ2v) is 6.88. The number of carbonyl (C=O) groups is 2. The van der Waals surface area contributed by atoms with Gasteiger partial charge in [-0.3, -0.25) is 9.59 Å². The Bertz CT molecular complexity index is 908. The van der Waals surface area contributed by atoms with Gasteiger partial charge in [-0.25, -0.2) is 0 Å². The van der Waals surface area contributed by atoms with E-state index in [0.717, 1.165) is 18.4 Å². The van der Waals surface area contributed by atoms with Crippen LogP contribution in [-0.4, -0.2) is 29.4 Å². The minimum absolute atomic E-state index is 0.0764. The van der Waals surface area contributed by atoms with Crippen LogP contribution in [-0.2, 0) is 16.1 Å². The van der Waals surface area contributed by atoms with Crippen LogP contribution in [0.1, 0.15) is 30.4 Å². The Hall–Kier alpha value is -3.09. The van der Waals surface area contributed by atoms with Gasteiger partial charge in [0, 0.05) is 31.3 Å². The van der Waals surface area contributed by atoms with Crippen molar-refractivity contribution in [1.29, 1.82) is 0 Å². The van der Waals surface area contributed by atoms with Crippen LogP contribution in [0.25, 0.3) is 5.57 Å². The van der Waals surface area contributed by atoms with Crippen LogP contribution in [0.15, 0.2) is 60.7 Å². The summed E-state index contributed by atoms with van der Waals surface area (Å²) in [6, 6.07) is 14.0.